The SMILES string of the molecule is COc1ccc(Cl)cc1C(=O)N1CCC(C(=O)Nc2ccn(C)n2)CC1. The first-order valence-electron chi connectivity index (χ1n) is 8.41. The molecule has 0 atom stereocenters. The number of ether oxygens (including phenoxy) is 1. The average Bonchev–Trinajstić information content (AvgIpc) is 3.06. The number of anilines is 1. The van der Waals surface area contributed by atoms with E-state index in [9.17, 15) is 9.59 Å². The minimum atomic E-state index is -0.137. The number of piperidine rings is 1. The minimum absolute atomic E-state index is 0.0591. The number of benzene rings is 1. The molecule has 0 bridgehead atoms. The lowest BCUT2D eigenvalue weighted by Gasteiger charge is -2.31. The van der Waals surface area contributed by atoms with Gasteiger partial charge in [0.2, 0.25) is 5.91 Å². The van der Waals surface area contributed by atoms with Gasteiger partial charge in [-0.15, -0.1) is 0 Å². The fourth-order valence-corrected chi connectivity index (χ4v) is 3.24. The molecule has 2 aromatic rings. The molecule has 0 aliphatic carbocycles. The van der Waals surface area contributed by atoms with E-state index in [-0.39, 0.29) is 17.7 Å². The topological polar surface area (TPSA) is 76.5 Å². The molecule has 1 aromatic carbocycles. The summed E-state index contributed by atoms with van der Waals surface area (Å²) in [4.78, 5) is 26.9. The third kappa shape index (κ3) is 3.99. The van der Waals surface area contributed by atoms with Crippen molar-refractivity contribution < 1.29 is 14.3 Å². The summed E-state index contributed by atoms with van der Waals surface area (Å²) >= 11 is 6.01. The molecule has 0 radical (unpaired) electrons. The third-order valence-corrected chi connectivity index (χ3v) is 4.74. The number of carbonyl (C=O) groups is 2. The van der Waals surface area contributed by atoms with Crippen LogP contribution < -0.4 is 10.1 Å². The number of nitrogens with one attached hydrogen (secondary N) is 1. The Balaban J connectivity index is 1.60. The average molecular weight is 377 g/mol. The van der Waals surface area contributed by atoms with Crippen molar-refractivity contribution in [3.05, 3.63) is 41.0 Å². The van der Waals surface area contributed by atoms with Gasteiger partial charge in [0.25, 0.3) is 5.91 Å². The van der Waals surface area contributed by atoms with Gasteiger partial charge in [-0.1, -0.05) is 11.6 Å². The van der Waals surface area contributed by atoms with Gasteiger partial charge in [0.1, 0.15) is 5.75 Å². The van der Waals surface area contributed by atoms with E-state index in [1.807, 2.05) is 0 Å². The van der Waals surface area contributed by atoms with Gasteiger partial charge in [-0.3, -0.25) is 14.3 Å². The zero-order valence-corrected chi connectivity index (χ0v) is 15.5. The highest BCUT2D eigenvalue weighted by atomic mass is 35.5. The number of aryl methyl sites for hydroxylation is 1. The molecule has 1 saturated heterocycles. The number of halogens is 1. The van der Waals surface area contributed by atoms with E-state index >= 15 is 0 Å². The van der Waals surface area contributed by atoms with Crippen LogP contribution in [-0.2, 0) is 11.8 Å². The summed E-state index contributed by atoms with van der Waals surface area (Å²) in [6, 6.07) is 6.73. The highest BCUT2D eigenvalue weighted by molar-refractivity contribution is 6.31. The molecule has 3 rings (SSSR count). The molecule has 1 fully saturated rings. The van der Waals surface area contributed by atoms with Crippen molar-refractivity contribution in [1.82, 2.24) is 14.7 Å². The minimum Gasteiger partial charge on any atom is -0.496 e. The number of likely N-dealkylation sites (tertiary alicyclic amines) is 1. The second kappa shape index (κ2) is 7.78. The van der Waals surface area contributed by atoms with Gasteiger partial charge in [0.05, 0.1) is 12.7 Å². The van der Waals surface area contributed by atoms with E-state index in [2.05, 4.69) is 10.4 Å². The van der Waals surface area contributed by atoms with Crippen molar-refractivity contribution in [2.45, 2.75) is 12.8 Å². The van der Waals surface area contributed by atoms with Crippen LogP contribution in [0.15, 0.2) is 30.5 Å². The van der Waals surface area contributed by atoms with E-state index in [0.717, 1.165) is 0 Å². The number of methoxy groups -OCH3 is 1. The molecular formula is C18H21ClN4O3. The Bertz CT molecular complexity index is 813. The molecular weight excluding hydrogens is 356 g/mol. The molecule has 1 N–H and O–H groups in total. The van der Waals surface area contributed by atoms with Crippen LogP contribution >= 0.6 is 11.6 Å². The Kier molecular flexibility index (Phi) is 5.46. The zero-order chi connectivity index (χ0) is 18.7. The Morgan fingerprint density at radius 1 is 1.27 bits per heavy atom. The maximum absolute atomic E-state index is 12.8. The van der Waals surface area contributed by atoms with Crippen molar-refractivity contribution >= 4 is 29.2 Å². The molecule has 138 valence electrons. The molecule has 2 heterocycles. The van der Waals surface area contributed by atoms with Gasteiger partial charge < -0.3 is 15.0 Å². The van der Waals surface area contributed by atoms with Crippen molar-refractivity contribution in [3.63, 3.8) is 0 Å². The monoisotopic (exact) mass is 376 g/mol. The van der Waals surface area contributed by atoms with Crippen LogP contribution in [0.4, 0.5) is 5.82 Å². The second-order valence-corrected chi connectivity index (χ2v) is 6.71. The lowest BCUT2D eigenvalue weighted by Crippen LogP contribution is -2.41. The quantitative estimate of drug-likeness (QED) is 0.889. The Morgan fingerprint density at radius 2 is 2.00 bits per heavy atom. The smallest absolute Gasteiger partial charge is 0.257 e. The van der Waals surface area contributed by atoms with E-state index in [4.69, 9.17) is 16.3 Å². The summed E-state index contributed by atoms with van der Waals surface area (Å²) in [5.41, 5.74) is 0.441. The lowest BCUT2D eigenvalue weighted by molar-refractivity contribution is -0.121. The number of amides is 2. The van der Waals surface area contributed by atoms with Crippen molar-refractivity contribution in [1.29, 1.82) is 0 Å². The summed E-state index contributed by atoms with van der Waals surface area (Å²) in [6.45, 7) is 1.02. The maximum Gasteiger partial charge on any atom is 0.257 e. The van der Waals surface area contributed by atoms with E-state index in [0.29, 0.717) is 48.1 Å². The van der Waals surface area contributed by atoms with Gasteiger partial charge in [-0.25, -0.2) is 0 Å². The number of carbonyl (C=O) groups excluding carboxylic acids is 2. The predicted octanol–water partition coefficient (Wildman–Crippen LogP) is 2.57. The van der Waals surface area contributed by atoms with Gasteiger partial charge in [0, 0.05) is 43.3 Å². The first kappa shape index (κ1) is 18.3. The number of hydrogen-bond donors (Lipinski definition) is 1. The molecule has 7 nitrogen and oxygen atoms in total. The zero-order valence-electron chi connectivity index (χ0n) is 14.7. The predicted molar refractivity (Wildman–Crippen MR) is 98.5 cm³/mol. The molecule has 26 heavy (non-hydrogen) atoms. The van der Waals surface area contributed by atoms with Crippen LogP contribution in [0.1, 0.15) is 23.2 Å². The summed E-state index contributed by atoms with van der Waals surface area (Å²) < 4.78 is 6.90. The maximum atomic E-state index is 12.8. The summed E-state index contributed by atoms with van der Waals surface area (Å²) in [5, 5.41) is 7.46. The normalized spacial score (nSPS) is 15.0. The van der Waals surface area contributed by atoms with Gasteiger partial charge in [0.15, 0.2) is 5.82 Å². The van der Waals surface area contributed by atoms with Crippen LogP contribution in [0, 0.1) is 5.92 Å². The van der Waals surface area contributed by atoms with E-state index in [1.165, 1.54) is 7.11 Å². The first-order valence-corrected chi connectivity index (χ1v) is 8.79. The van der Waals surface area contributed by atoms with Crippen molar-refractivity contribution in [2.75, 3.05) is 25.5 Å². The highest BCUT2D eigenvalue weighted by Crippen LogP contribution is 2.26. The Hall–Kier alpha value is -2.54. The van der Waals surface area contributed by atoms with Crippen LogP contribution in [0.2, 0.25) is 5.02 Å². The molecule has 1 aromatic heterocycles. The number of nitrogens with zero attached hydrogens (tertiary/aromatic N) is 3. The fourth-order valence-electron chi connectivity index (χ4n) is 3.07. The van der Waals surface area contributed by atoms with E-state index in [1.54, 1.807) is 47.1 Å². The van der Waals surface area contributed by atoms with Crippen LogP contribution in [0.3, 0.4) is 0 Å². The summed E-state index contributed by atoms with van der Waals surface area (Å²) in [7, 11) is 3.32. The van der Waals surface area contributed by atoms with Gasteiger partial charge in [-0.05, 0) is 31.0 Å². The molecule has 2 amide bonds. The number of hydrogen-bond acceptors (Lipinski definition) is 4. The van der Waals surface area contributed by atoms with Gasteiger partial charge in [-0.2, -0.15) is 5.10 Å². The Labute approximate surface area is 156 Å². The van der Waals surface area contributed by atoms with Gasteiger partial charge >= 0.3 is 0 Å². The van der Waals surface area contributed by atoms with Crippen molar-refractivity contribution in [3.8, 4) is 5.75 Å². The lowest BCUT2D eigenvalue weighted by atomic mass is 9.95. The van der Waals surface area contributed by atoms with Crippen LogP contribution in [0.5, 0.6) is 5.75 Å². The van der Waals surface area contributed by atoms with Crippen molar-refractivity contribution in [2.24, 2.45) is 13.0 Å². The van der Waals surface area contributed by atoms with Crippen LogP contribution in [0.25, 0.3) is 0 Å². The standard InChI is InChI=1S/C18H21ClN4O3/c1-22-8-7-16(21-22)20-17(24)12-5-9-23(10-6-12)18(25)14-11-13(19)3-4-15(14)26-2/h3-4,7-8,11-12H,5-6,9-10H2,1-2H3,(H,20,21,24). The molecule has 0 spiro atoms. The summed E-state index contributed by atoms with van der Waals surface area (Å²) in [5.74, 6) is 0.709. The van der Waals surface area contributed by atoms with Crippen LogP contribution in [-0.4, -0.2) is 46.7 Å². The van der Waals surface area contributed by atoms with E-state index < -0.39 is 0 Å². The number of aromatic nitrogens is 2. The molecule has 0 unspecified atom stereocenters. The first-order chi connectivity index (χ1) is 12.5. The highest BCUT2D eigenvalue weighted by Gasteiger charge is 2.29. The molecule has 0 saturated carbocycles. The molecule has 1 aliphatic heterocycles. The summed E-state index contributed by atoms with van der Waals surface area (Å²) in [6.07, 6.45) is 2.98. The second-order valence-electron chi connectivity index (χ2n) is 6.27. The molecule has 1 aliphatic rings. The molecule has 8 heteroatoms. The largest absolute Gasteiger partial charge is 0.496 e. The Morgan fingerprint density at radius 3 is 2.62 bits per heavy atom. The number of rotatable bonds is 4. The third-order valence-electron chi connectivity index (χ3n) is 4.51. The fraction of sp³-hybridized carbons (Fsp3) is 0.389.